The van der Waals surface area contributed by atoms with E-state index in [9.17, 15) is 14.4 Å². The van der Waals surface area contributed by atoms with Crippen LogP contribution in [0.15, 0.2) is 9.59 Å². The zero-order valence-electron chi connectivity index (χ0n) is 13.5. The maximum absolute atomic E-state index is 12.5. The molecule has 1 atom stereocenters. The molecule has 1 saturated heterocycles. The van der Waals surface area contributed by atoms with E-state index in [1.54, 1.807) is 0 Å². The van der Waals surface area contributed by atoms with Crippen molar-refractivity contribution in [3.63, 3.8) is 0 Å². The van der Waals surface area contributed by atoms with Gasteiger partial charge in [-0.3, -0.25) is 23.6 Å². The number of aromatic nitrogens is 2. The van der Waals surface area contributed by atoms with Gasteiger partial charge in [0, 0.05) is 20.6 Å². The Morgan fingerprint density at radius 2 is 1.95 bits per heavy atom. The largest absolute Gasteiger partial charge is 0.384 e. The molecule has 122 valence electrons. The number of carbonyl (C=O) groups is 1. The van der Waals surface area contributed by atoms with Crippen LogP contribution in [-0.4, -0.2) is 39.5 Å². The molecule has 2 heterocycles. The summed E-state index contributed by atoms with van der Waals surface area (Å²) in [4.78, 5) is 38.6. The van der Waals surface area contributed by atoms with Crippen molar-refractivity contribution in [2.24, 2.45) is 20.0 Å². The second-order valence-corrected chi connectivity index (χ2v) is 6.04. The molecule has 7 nitrogen and oxygen atoms in total. The van der Waals surface area contributed by atoms with Crippen molar-refractivity contribution in [1.82, 2.24) is 14.0 Å². The Balaban J connectivity index is 2.27. The molecular weight excluding hydrogens is 284 g/mol. The summed E-state index contributed by atoms with van der Waals surface area (Å²) >= 11 is 0. The van der Waals surface area contributed by atoms with Gasteiger partial charge < -0.3 is 5.73 Å². The highest BCUT2D eigenvalue weighted by Gasteiger charge is 2.25. The van der Waals surface area contributed by atoms with Crippen molar-refractivity contribution in [1.29, 1.82) is 0 Å². The van der Waals surface area contributed by atoms with Crippen LogP contribution in [0.2, 0.25) is 0 Å². The highest BCUT2D eigenvalue weighted by Crippen LogP contribution is 2.19. The molecule has 1 aliphatic rings. The Bertz CT molecular complexity index is 689. The molecule has 1 aromatic heterocycles. The molecule has 7 heteroatoms. The summed E-state index contributed by atoms with van der Waals surface area (Å²) in [6, 6.07) is 0. The van der Waals surface area contributed by atoms with E-state index in [4.69, 9.17) is 5.73 Å². The van der Waals surface area contributed by atoms with Crippen LogP contribution in [0.1, 0.15) is 36.5 Å². The number of Topliss-reactive ketones (excluding diaryl/α,β-unsaturated/α-hetero) is 1. The lowest BCUT2D eigenvalue weighted by Crippen LogP contribution is -2.44. The molecule has 0 radical (unpaired) electrons. The first-order chi connectivity index (χ1) is 10.4. The number of hydrogen-bond donors (Lipinski definition) is 1. The third kappa shape index (κ3) is 2.99. The maximum atomic E-state index is 12.5. The molecule has 1 aromatic rings. The fourth-order valence-electron chi connectivity index (χ4n) is 3.03. The van der Waals surface area contributed by atoms with Gasteiger partial charge in [0.05, 0.1) is 6.54 Å². The molecule has 0 bridgehead atoms. The topological polar surface area (TPSA) is 90.3 Å². The summed E-state index contributed by atoms with van der Waals surface area (Å²) < 4.78 is 2.06. The van der Waals surface area contributed by atoms with Gasteiger partial charge in [-0.05, 0) is 25.3 Å². The van der Waals surface area contributed by atoms with Crippen LogP contribution in [0.5, 0.6) is 0 Å². The van der Waals surface area contributed by atoms with Gasteiger partial charge in [-0.1, -0.05) is 13.3 Å². The summed E-state index contributed by atoms with van der Waals surface area (Å²) in [6.45, 7) is 4.05. The molecule has 22 heavy (non-hydrogen) atoms. The minimum Gasteiger partial charge on any atom is -0.384 e. The number of hydrogen-bond acceptors (Lipinski definition) is 5. The van der Waals surface area contributed by atoms with E-state index >= 15 is 0 Å². The van der Waals surface area contributed by atoms with Crippen LogP contribution in [0.3, 0.4) is 0 Å². The van der Waals surface area contributed by atoms with Crippen molar-refractivity contribution in [3.05, 3.63) is 26.4 Å². The lowest BCUT2D eigenvalue weighted by Gasteiger charge is -2.31. The lowest BCUT2D eigenvalue weighted by atomic mass is 9.95. The average Bonchev–Trinajstić information content (AvgIpc) is 2.51. The van der Waals surface area contributed by atoms with Crippen LogP contribution in [-0.2, 0) is 14.1 Å². The molecule has 0 unspecified atom stereocenters. The average molecular weight is 308 g/mol. The summed E-state index contributed by atoms with van der Waals surface area (Å²) in [7, 11) is 2.82. The monoisotopic (exact) mass is 308 g/mol. The number of nitrogen functional groups attached to an aromatic ring is 1. The molecule has 2 N–H and O–H groups in total. The number of nitrogens with two attached hydrogens (primary N) is 1. The van der Waals surface area contributed by atoms with Gasteiger partial charge in [0.1, 0.15) is 11.4 Å². The Morgan fingerprint density at radius 3 is 2.59 bits per heavy atom. The third-order valence-electron chi connectivity index (χ3n) is 4.54. The minimum atomic E-state index is -0.616. The first kappa shape index (κ1) is 16.5. The van der Waals surface area contributed by atoms with Crippen molar-refractivity contribution in [2.45, 2.75) is 26.2 Å². The number of likely N-dealkylation sites (tertiary alicyclic amines) is 1. The number of carbonyl (C=O) groups excluding carboxylic acids is 1. The van der Waals surface area contributed by atoms with Gasteiger partial charge >= 0.3 is 5.69 Å². The fourth-order valence-corrected chi connectivity index (χ4v) is 3.03. The van der Waals surface area contributed by atoms with E-state index < -0.39 is 11.2 Å². The van der Waals surface area contributed by atoms with Gasteiger partial charge in [0.2, 0.25) is 0 Å². The Kier molecular flexibility index (Phi) is 4.85. The van der Waals surface area contributed by atoms with Crippen LogP contribution in [0.25, 0.3) is 0 Å². The van der Waals surface area contributed by atoms with Gasteiger partial charge in [0.25, 0.3) is 5.56 Å². The predicted molar refractivity (Wildman–Crippen MR) is 85.1 cm³/mol. The normalized spacial score (nSPS) is 19.3. The number of nitrogens with zero attached hydrogens (tertiary/aromatic N) is 3. The number of anilines is 1. The second-order valence-electron chi connectivity index (χ2n) is 6.04. The number of ketones is 1. The van der Waals surface area contributed by atoms with Gasteiger partial charge in [-0.15, -0.1) is 0 Å². The van der Waals surface area contributed by atoms with Gasteiger partial charge in [-0.2, -0.15) is 0 Å². The highest BCUT2D eigenvalue weighted by atomic mass is 16.2. The molecule has 1 fully saturated rings. The van der Waals surface area contributed by atoms with Crippen molar-refractivity contribution in [3.8, 4) is 0 Å². The summed E-state index contributed by atoms with van der Waals surface area (Å²) in [6.07, 6.45) is 3.34. The zero-order chi connectivity index (χ0) is 16.4. The second kappa shape index (κ2) is 6.48. The first-order valence-corrected chi connectivity index (χ1v) is 7.67. The minimum absolute atomic E-state index is 0.0536. The number of piperidine rings is 1. The highest BCUT2D eigenvalue weighted by molar-refractivity contribution is 6.01. The Labute approximate surface area is 129 Å². The van der Waals surface area contributed by atoms with Crippen molar-refractivity contribution >= 4 is 11.6 Å². The summed E-state index contributed by atoms with van der Waals surface area (Å²) in [5, 5.41) is 0. The quantitative estimate of drug-likeness (QED) is 0.789. The van der Waals surface area contributed by atoms with Crippen molar-refractivity contribution in [2.75, 3.05) is 25.4 Å². The standard InChI is InChI=1S/C15H24N4O3/c1-4-10-6-5-7-19(8-10)9-11(20)12-13(16)17(2)15(22)18(3)14(12)21/h10H,4-9,16H2,1-3H3/t10-/m0/s1. The fraction of sp³-hybridized carbons (Fsp3) is 0.667. The molecule has 0 aromatic carbocycles. The number of rotatable bonds is 4. The van der Waals surface area contributed by atoms with Crippen LogP contribution in [0, 0.1) is 5.92 Å². The SMILES string of the molecule is CC[C@H]1CCCN(CC(=O)c2c(N)n(C)c(=O)n(C)c2=O)C1. The van der Waals surface area contributed by atoms with Gasteiger partial charge in [0.15, 0.2) is 5.78 Å². The van der Waals surface area contributed by atoms with Crippen molar-refractivity contribution < 1.29 is 4.79 Å². The molecule has 0 spiro atoms. The smallest absolute Gasteiger partial charge is 0.332 e. The molecule has 2 rings (SSSR count). The molecular formula is C15H24N4O3. The maximum Gasteiger partial charge on any atom is 0.332 e. The van der Waals surface area contributed by atoms with Crippen LogP contribution >= 0.6 is 0 Å². The van der Waals surface area contributed by atoms with Crippen LogP contribution < -0.4 is 17.0 Å². The summed E-state index contributed by atoms with van der Waals surface area (Å²) in [5.41, 5.74) is 4.60. The van der Waals surface area contributed by atoms with E-state index in [0.29, 0.717) is 5.92 Å². The van der Waals surface area contributed by atoms with E-state index in [-0.39, 0.29) is 23.7 Å². The zero-order valence-corrected chi connectivity index (χ0v) is 13.5. The molecule has 0 amide bonds. The lowest BCUT2D eigenvalue weighted by molar-refractivity contribution is 0.0882. The summed E-state index contributed by atoms with van der Waals surface area (Å²) in [5.74, 6) is 0.231. The Morgan fingerprint density at radius 1 is 1.27 bits per heavy atom. The van der Waals surface area contributed by atoms with E-state index in [2.05, 4.69) is 11.8 Å². The van der Waals surface area contributed by atoms with Gasteiger partial charge in [-0.25, -0.2) is 4.79 Å². The third-order valence-corrected chi connectivity index (χ3v) is 4.54. The predicted octanol–water partition coefficient (Wildman–Crippen LogP) is -0.0291. The van der Waals surface area contributed by atoms with E-state index in [0.717, 1.165) is 35.1 Å². The van der Waals surface area contributed by atoms with E-state index in [1.165, 1.54) is 20.5 Å². The van der Waals surface area contributed by atoms with Crippen LogP contribution in [0.4, 0.5) is 5.82 Å². The van der Waals surface area contributed by atoms with E-state index in [1.807, 2.05) is 0 Å². The molecule has 0 saturated carbocycles. The molecule has 0 aliphatic carbocycles. The Hall–Kier alpha value is -1.89. The first-order valence-electron chi connectivity index (χ1n) is 7.67. The molecule has 1 aliphatic heterocycles.